The van der Waals surface area contributed by atoms with Crippen LogP contribution in [0.15, 0.2) is 42.1 Å². The van der Waals surface area contributed by atoms with Crippen molar-refractivity contribution in [1.29, 1.82) is 0 Å². The van der Waals surface area contributed by atoms with E-state index in [0.717, 1.165) is 23.7 Å². The van der Waals surface area contributed by atoms with Gasteiger partial charge in [-0.05, 0) is 47.5 Å². The fourth-order valence-corrected chi connectivity index (χ4v) is 6.09. The van der Waals surface area contributed by atoms with Crippen LogP contribution in [0.2, 0.25) is 19.6 Å². The van der Waals surface area contributed by atoms with Crippen molar-refractivity contribution in [3.8, 4) is 0 Å². The average molecular weight is 313 g/mol. The first-order valence-electron chi connectivity index (χ1n) is 9.05. The fourth-order valence-electron chi connectivity index (χ4n) is 5.31. The predicted molar refractivity (Wildman–Crippen MR) is 99.8 cm³/mol. The van der Waals surface area contributed by atoms with Crippen LogP contribution in [0.3, 0.4) is 0 Å². The van der Waals surface area contributed by atoms with Gasteiger partial charge in [-0.3, -0.25) is 0 Å². The molecule has 0 aliphatic heterocycles. The van der Waals surface area contributed by atoms with Crippen molar-refractivity contribution in [2.75, 3.05) is 0 Å². The maximum Gasteiger partial charge on any atom is 0.0682 e. The second kappa shape index (κ2) is 5.67. The minimum absolute atomic E-state index is 0.382. The lowest BCUT2D eigenvalue weighted by molar-refractivity contribution is 0.238. The second-order valence-electron chi connectivity index (χ2n) is 9.22. The van der Waals surface area contributed by atoms with Crippen molar-refractivity contribution >= 4 is 8.07 Å². The lowest BCUT2D eigenvalue weighted by Gasteiger charge is -2.35. The minimum Gasteiger partial charge on any atom is -0.0986 e. The van der Waals surface area contributed by atoms with Crippen molar-refractivity contribution in [1.82, 2.24) is 0 Å². The summed E-state index contributed by atoms with van der Waals surface area (Å²) in [5.41, 5.74) is 4.56. The zero-order valence-corrected chi connectivity index (χ0v) is 16.0. The first-order chi connectivity index (χ1) is 10.3. The van der Waals surface area contributed by atoms with Crippen LogP contribution in [0, 0.1) is 23.2 Å². The number of benzene rings is 1. The summed E-state index contributed by atoms with van der Waals surface area (Å²) in [6.07, 6.45) is 6.95. The van der Waals surface area contributed by atoms with Gasteiger partial charge in [-0.1, -0.05) is 82.0 Å². The van der Waals surface area contributed by atoms with Crippen LogP contribution in [0.4, 0.5) is 0 Å². The predicted octanol–water partition coefficient (Wildman–Crippen LogP) is 6.28. The molecule has 1 heteroatoms. The van der Waals surface area contributed by atoms with Gasteiger partial charge in [-0.2, -0.15) is 0 Å². The Bertz CT molecular complexity index is 535. The van der Waals surface area contributed by atoms with Crippen molar-refractivity contribution < 1.29 is 0 Å². The van der Waals surface area contributed by atoms with E-state index in [2.05, 4.69) is 75.6 Å². The molecule has 0 saturated heterocycles. The van der Waals surface area contributed by atoms with Gasteiger partial charge in [0.05, 0.1) is 8.07 Å². The van der Waals surface area contributed by atoms with Gasteiger partial charge in [0.1, 0.15) is 0 Å². The molecule has 0 amide bonds. The molecule has 22 heavy (non-hydrogen) atoms. The Labute approximate surface area is 138 Å². The lowest BCUT2D eigenvalue weighted by atomic mass is 9.70. The molecule has 0 bridgehead atoms. The van der Waals surface area contributed by atoms with Gasteiger partial charge in [0, 0.05) is 0 Å². The highest BCUT2D eigenvalue weighted by atomic mass is 28.3. The molecule has 0 N–H and O–H groups in total. The van der Waals surface area contributed by atoms with Gasteiger partial charge in [-0.25, -0.2) is 0 Å². The Balaban J connectivity index is 1.97. The Morgan fingerprint density at radius 1 is 1.00 bits per heavy atom. The normalized spacial score (nSPS) is 34.2. The monoisotopic (exact) mass is 312 g/mol. The van der Waals surface area contributed by atoms with E-state index in [1.165, 1.54) is 19.3 Å². The molecule has 0 aromatic heterocycles. The molecule has 3 rings (SSSR count). The highest BCUT2D eigenvalue weighted by Crippen LogP contribution is 2.64. The van der Waals surface area contributed by atoms with Gasteiger partial charge >= 0.3 is 0 Å². The van der Waals surface area contributed by atoms with Gasteiger partial charge < -0.3 is 0 Å². The molecule has 4 atom stereocenters. The van der Waals surface area contributed by atoms with Crippen LogP contribution in [0.1, 0.15) is 44.6 Å². The topological polar surface area (TPSA) is 0 Å². The number of hydrogen-bond donors (Lipinski definition) is 0. The van der Waals surface area contributed by atoms with Crippen molar-refractivity contribution in [3.05, 3.63) is 47.7 Å². The molecule has 1 aromatic rings. The quantitative estimate of drug-likeness (QED) is 0.576. The van der Waals surface area contributed by atoms with E-state index in [4.69, 9.17) is 0 Å². The van der Waals surface area contributed by atoms with Gasteiger partial charge in [0.25, 0.3) is 0 Å². The molecule has 0 nitrogen and oxygen atoms in total. The van der Waals surface area contributed by atoms with Crippen molar-refractivity contribution in [2.24, 2.45) is 23.2 Å². The van der Waals surface area contributed by atoms with Crippen molar-refractivity contribution in [2.45, 2.75) is 58.7 Å². The summed E-state index contributed by atoms with van der Waals surface area (Å²) in [6.45, 7) is 12.4. The molecule has 2 aliphatic carbocycles. The third-order valence-corrected chi connectivity index (χ3v) is 7.33. The Hall–Kier alpha value is -0.823. The molecule has 2 fully saturated rings. The number of rotatable bonds is 3. The van der Waals surface area contributed by atoms with E-state index >= 15 is 0 Å². The molecule has 2 saturated carbocycles. The van der Waals surface area contributed by atoms with Gasteiger partial charge in [0.15, 0.2) is 0 Å². The van der Waals surface area contributed by atoms with E-state index in [1.54, 1.807) is 5.56 Å². The summed E-state index contributed by atoms with van der Waals surface area (Å²) in [6, 6.07) is 11.3. The Morgan fingerprint density at radius 2 is 1.64 bits per heavy atom. The first kappa shape index (κ1) is 16.0. The van der Waals surface area contributed by atoms with Crippen LogP contribution in [0.25, 0.3) is 0 Å². The van der Waals surface area contributed by atoms with Gasteiger partial charge in [-0.15, -0.1) is 0 Å². The highest BCUT2D eigenvalue weighted by Gasteiger charge is 2.55. The van der Waals surface area contributed by atoms with Crippen molar-refractivity contribution in [3.63, 3.8) is 0 Å². The first-order valence-corrected chi connectivity index (χ1v) is 12.6. The maximum absolute atomic E-state index is 2.64. The molecule has 0 radical (unpaired) electrons. The Morgan fingerprint density at radius 3 is 2.27 bits per heavy atom. The molecule has 2 aliphatic rings. The van der Waals surface area contributed by atoms with Gasteiger partial charge in [0.2, 0.25) is 0 Å². The third-order valence-electron chi connectivity index (χ3n) is 6.14. The SMILES string of the molecule is CC1(C)C(/C=C/[Si](C)(C)C)C2CCCC2C1c1ccccc1. The van der Waals surface area contributed by atoms with E-state index in [1.807, 2.05) is 0 Å². The zero-order chi connectivity index (χ0) is 16.0. The van der Waals surface area contributed by atoms with E-state index < -0.39 is 8.07 Å². The molecule has 0 spiro atoms. The van der Waals surface area contributed by atoms with Crippen LogP contribution in [-0.4, -0.2) is 8.07 Å². The van der Waals surface area contributed by atoms with Crippen LogP contribution >= 0.6 is 0 Å². The smallest absolute Gasteiger partial charge is 0.0682 e. The van der Waals surface area contributed by atoms with Crippen LogP contribution < -0.4 is 0 Å². The van der Waals surface area contributed by atoms with Crippen LogP contribution in [-0.2, 0) is 0 Å². The third kappa shape index (κ3) is 2.85. The highest BCUT2D eigenvalue weighted by molar-refractivity contribution is 6.80. The van der Waals surface area contributed by atoms with E-state index in [0.29, 0.717) is 5.41 Å². The summed E-state index contributed by atoms with van der Waals surface area (Å²) >= 11 is 0. The zero-order valence-electron chi connectivity index (χ0n) is 15.0. The standard InChI is InChI=1S/C21H32Si/c1-21(2)19(14-15-22(3,4)5)17-12-9-13-18(17)20(21)16-10-7-6-8-11-16/h6-8,10-11,14-15,17-20H,9,12-13H2,1-5H3/b15-14+. The summed E-state index contributed by atoms with van der Waals surface area (Å²) in [4.78, 5) is 0. The fraction of sp³-hybridized carbons (Fsp3) is 0.619. The largest absolute Gasteiger partial charge is 0.0986 e. The molecule has 4 unspecified atom stereocenters. The molecule has 0 heterocycles. The maximum atomic E-state index is 2.64. The average Bonchev–Trinajstić information content (AvgIpc) is 2.94. The number of hydrogen-bond acceptors (Lipinski definition) is 0. The van der Waals surface area contributed by atoms with E-state index in [-0.39, 0.29) is 0 Å². The molecular formula is C21H32Si. The molecular weight excluding hydrogens is 280 g/mol. The van der Waals surface area contributed by atoms with Crippen LogP contribution in [0.5, 0.6) is 0 Å². The summed E-state index contributed by atoms with van der Waals surface area (Å²) in [5.74, 6) is 3.30. The van der Waals surface area contributed by atoms with E-state index in [9.17, 15) is 0 Å². The molecule has 1 aromatic carbocycles. The molecule has 120 valence electrons. The second-order valence-corrected chi connectivity index (χ2v) is 14.3. The summed E-state index contributed by atoms with van der Waals surface area (Å²) in [7, 11) is -1.11. The lowest BCUT2D eigenvalue weighted by Crippen LogP contribution is -2.26. The summed E-state index contributed by atoms with van der Waals surface area (Å²) < 4.78 is 0. The minimum atomic E-state index is -1.11. The number of fused-ring (bicyclic) bond motifs is 1. The Kier molecular flexibility index (Phi) is 4.14. The number of allylic oxidation sites excluding steroid dienone is 1. The summed E-state index contributed by atoms with van der Waals surface area (Å²) in [5, 5.41) is 0.